The van der Waals surface area contributed by atoms with Crippen LogP contribution in [0.5, 0.6) is 0 Å². The van der Waals surface area contributed by atoms with Gasteiger partial charge in [0.2, 0.25) is 5.91 Å². The molecule has 2 heterocycles. The number of nitrogens with zero attached hydrogens (tertiary/aromatic N) is 3. The fourth-order valence-corrected chi connectivity index (χ4v) is 2.17. The summed E-state index contributed by atoms with van der Waals surface area (Å²) in [7, 11) is 0. The fraction of sp³-hybridized carbons (Fsp3) is 0.375. The van der Waals surface area contributed by atoms with Crippen LogP contribution >= 0.6 is 0 Å². The number of rotatable bonds is 7. The van der Waals surface area contributed by atoms with Gasteiger partial charge in [-0.2, -0.15) is 0 Å². The number of carbonyl (C=O) groups excluding carboxylic acids is 1. The van der Waals surface area contributed by atoms with E-state index in [9.17, 15) is 4.79 Å². The number of hydrogen-bond donors (Lipinski definition) is 0. The highest BCUT2D eigenvalue weighted by Crippen LogP contribution is 2.03. The van der Waals surface area contributed by atoms with E-state index in [4.69, 9.17) is 0 Å². The minimum atomic E-state index is 0.218. The molecule has 2 rings (SSSR count). The monoisotopic (exact) mass is 271 g/mol. The van der Waals surface area contributed by atoms with Crippen LogP contribution in [0.3, 0.4) is 0 Å². The van der Waals surface area contributed by atoms with Crippen molar-refractivity contribution in [3.63, 3.8) is 0 Å². The molecule has 0 atom stereocenters. The number of hydrogen-bond acceptors (Lipinski definition) is 2. The number of pyridine rings is 1. The second-order valence-electron chi connectivity index (χ2n) is 4.75. The lowest BCUT2D eigenvalue weighted by Crippen LogP contribution is -2.33. The zero-order chi connectivity index (χ0) is 14.2. The third-order valence-corrected chi connectivity index (χ3v) is 3.40. The van der Waals surface area contributed by atoms with E-state index >= 15 is 0 Å². The maximum Gasteiger partial charge on any atom is 0.224 e. The average molecular weight is 271 g/mol. The Balaban J connectivity index is 1.80. The van der Waals surface area contributed by atoms with E-state index in [1.54, 1.807) is 12.4 Å². The van der Waals surface area contributed by atoms with Crippen molar-refractivity contribution in [3.8, 4) is 0 Å². The zero-order valence-corrected chi connectivity index (χ0v) is 11.9. The summed E-state index contributed by atoms with van der Waals surface area (Å²) in [6.07, 6.45) is 8.99. The molecule has 2 aromatic heterocycles. The van der Waals surface area contributed by atoms with Gasteiger partial charge in [-0.1, -0.05) is 0 Å². The average Bonchev–Trinajstić information content (AvgIpc) is 3.00. The van der Waals surface area contributed by atoms with Crippen LogP contribution in [0.15, 0.2) is 49.1 Å². The maximum absolute atomic E-state index is 12.2. The van der Waals surface area contributed by atoms with Gasteiger partial charge in [-0.05, 0) is 43.2 Å². The van der Waals surface area contributed by atoms with E-state index in [0.29, 0.717) is 6.42 Å². The van der Waals surface area contributed by atoms with Crippen LogP contribution in [0.2, 0.25) is 0 Å². The van der Waals surface area contributed by atoms with Gasteiger partial charge in [0.15, 0.2) is 0 Å². The Kier molecular flexibility index (Phi) is 5.35. The number of aryl methyl sites for hydroxylation is 1. The largest absolute Gasteiger partial charge is 0.354 e. The Morgan fingerprint density at radius 1 is 1.25 bits per heavy atom. The standard InChI is InChI=1S/C16H21N3O/c1-2-19(14-7-15-5-9-17-10-6-15)16(20)8-13-18-11-3-4-12-18/h3-6,9-12H,2,7-8,13-14H2,1H3. The minimum absolute atomic E-state index is 0.218. The summed E-state index contributed by atoms with van der Waals surface area (Å²) in [6.45, 7) is 4.30. The summed E-state index contributed by atoms with van der Waals surface area (Å²) < 4.78 is 2.04. The Morgan fingerprint density at radius 3 is 2.60 bits per heavy atom. The Bertz CT molecular complexity index is 508. The van der Waals surface area contributed by atoms with Crippen molar-refractivity contribution in [1.29, 1.82) is 0 Å². The molecule has 0 N–H and O–H groups in total. The lowest BCUT2D eigenvalue weighted by atomic mass is 10.2. The molecule has 0 spiro atoms. The van der Waals surface area contributed by atoms with Crippen molar-refractivity contribution in [2.45, 2.75) is 26.3 Å². The van der Waals surface area contributed by atoms with Gasteiger partial charge in [-0.3, -0.25) is 9.78 Å². The quantitative estimate of drug-likeness (QED) is 0.775. The molecule has 0 saturated heterocycles. The van der Waals surface area contributed by atoms with Gasteiger partial charge in [0, 0.05) is 50.8 Å². The van der Waals surface area contributed by atoms with Crippen molar-refractivity contribution < 1.29 is 4.79 Å². The Morgan fingerprint density at radius 2 is 1.95 bits per heavy atom. The molecule has 0 radical (unpaired) electrons. The fourth-order valence-electron chi connectivity index (χ4n) is 2.17. The number of amides is 1. The van der Waals surface area contributed by atoms with Gasteiger partial charge in [0.05, 0.1) is 0 Å². The first-order valence-electron chi connectivity index (χ1n) is 7.07. The number of aromatic nitrogens is 2. The van der Waals surface area contributed by atoms with E-state index in [-0.39, 0.29) is 5.91 Å². The molecule has 0 bridgehead atoms. The van der Waals surface area contributed by atoms with Crippen LogP contribution < -0.4 is 0 Å². The molecule has 0 aromatic carbocycles. The summed E-state index contributed by atoms with van der Waals surface area (Å²) >= 11 is 0. The Hall–Kier alpha value is -2.10. The first-order valence-corrected chi connectivity index (χ1v) is 7.07. The molecule has 106 valence electrons. The van der Waals surface area contributed by atoms with Crippen LogP contribution in [-0.4, -0.2) is 33.4 Å². The molecular formula is C16H21N3O. The van der Waals surface area contributed by atoms with Crippen molar-refractivity contribution in [3.05, 3.63) is 54.6 Å². The summed E-state index contributed by atoms with van der Waals surface area (Å²) in [6, 6.07) is 7.95. The van der Waals surface area contributed by atoms with E-state index in [0.717, 1.165) is 26.1 Å². The predicted octanol–water partition coefficient (Wildman–Crippen LogP) is 2.36. The van der Waals surface area contributed by atoms with Crippen LogP contribution in [-0.2, 0) is 17.8 Å². The molecule has 0 aliphatic carbocycles. The van der Waals surface area contributed by atoms with Gasteiger partial charge in [-0.15, -0.1) is 0 Å². The molecule has 1 amide bonds. The lowest BCUT2D eigenvalue weighted by Gasteiger charge is -2.21. The van der Waals surface area contributed by atoms with E-state index in [2.05, 4.69) is 4.98 Å². The molecule has 0 fully saturated rings. The maximum atomic E-state index is 12.2. The first-order chi connectivity index (χ1) is 9.79. The first kappa shape index (κ1) is 14.3. The van der Waals surface area contributed by atoms with Gasteiger partial charge >= 0.3 is 0 Å². The van der Waals surface area contributed by atoms with Crippen LogP contribution in [0.1, 0.15) is 18.9 Å². The summed E-state index contributed by atoms with van der Waals surface area (Å²) in [5, 5.41) is 0. The summed E-state index contributed by atoms with van der Waals surface area (Å²) in [5.74, 6) is 0.218. The highest BCUT2D eigenvalue weighted by molar-refractivity contribution is 5.76. The third-order valence-electron chi connectivity index (χ3n) is 3.40. The smallest absolute Gasteiger partial charge is 0.224 e. The molecule has 0 saturated carbocycles. The molecule has 20 heavy (non-hydrogen) atoms. The highest BCUT2D eigenvalue weighted by atomic mass is 16.2. The molecule has 2 aromatic rings. The van der Waals surface area contributed by atoms with Gasteiger partial charge < -0.3 is 9.47 Å². The predicted molar refractivity (Wildman–Crippen MR) is 79.2 cm³/mol. The Labute approximate surface area is 120 Å². The highest BCUT2D eigenvalue weighted by Gasteiger charge is 2.11. The molecule has 0 aliphatic heterocycles. The van der Waals surface area contributed by atoms with E-state index in [1.165, 1.54) is 5.56 Å². The number of likely N-dealkylation sites (N-methyl/N-ethyl adjacent to an activating group) is 1. The summed E-state index contributed by atoms with van der Waals surface area (Å²) in [5.41, 5.74) is 1.22. The van der Waals surface area contributed by atoms with Crippen molar-refractivity contribution in [2.75, 3.05) is 13.1 Å². The molecule has 0 unspecified atom stereocenters. The minimum Gasteiger partial charge on any atom is -0.354 e. The van der Waals surface area contributed by atoms with Gasteiger partial charge in [0.1, 0.15) is 0 Å². The number of carbonyl (C=O) groups is 1. The van der Waals surface area contributed by atoms with Gasteiger partial charge in [-0.25, -0.2) is 0 Å². The van der Waals surface area contributed by atoms with Gasteiger partial charge in [0.25, 0.3) is 0 Å². The SMILES string of the molecule is CCN(CCc1ccncc1)C(=O)CCn1cccc1. The second kappa shape index (κ2) is 7.48. The molecular weight excluding hydrogens is 250 g/mol. The zero-order valence-electron chi connectivity index (χ0n) is 11.9. The topological polar surface area (TPSA) is 38.1 Å². The lowest BCUT2D eigenvalue weighted by molar-refractivity contribution is -0.131. The van der Waals surface area contributed by atoms with E-state index < -0.39 is 0 Å². The van der Waals surface area contributed by atoms with Crippen LogP contribution in [0.25, 0.3) is 0 Å². The van der Waals surface area contributed by atoms with Crippen molar-refractivity contribution in [1.82, 2.24) is 14.5 Å². The van der Waals surface area contributed by atoms with Crippen molar-refractivity contribution in [2.24, 2.45) is 0 Å². The molecule has 4 nitrogen and oxygen atoms in total. The molecule has 4 heteroatoms. The molecule has 0 aliphatic rings. The van der Waals surface area contributed by atoms with E-state index in [1.807, 2.05) is 53.0 Å². The third kappa shape index (κ3) is 4.23. The second-order valence-corrected chi connectivity index (χ2v) is 4.75. The van der Waals surface area contributed by atoms with Crippen LogP contribution in [0.4, 0.5) is 0 Å². The summed E-state index contributed by atoms with van der Waals surface area (Å²) in [4.78, 5) is 18.1. The van der Waals surface area contributed by atoms with Crippen LogP contribution in [0, 0.1) is 0 Å². The normalized spacial score (nSPS) is 10.4. The van der Waals surface area contributed by atoms with Crippen molar-refractivity contribution >= 4 is 5.91 Å².